The Labute approximate surface area is 154 Å². The molecule has 24 heavy (non-hydrogen) atoms. The average molecular weight is 376 g/mol. The second-order valence-electron chi connectivity index (χ2n) is 5.22. The summed E-state index contributed by atoms with van der Waals surface area (Å²) >= 11 is 13.7. The predicted molar refractivity (Wildman–Crippen MR) is 103 cm³/mol. The van der Waals surface area contributed by atoms with Crippen LogP contribution in [0.4, 0.5) is 0 Å². The molecule has 0 N–H and O–H groups in total. The van der Waals surface area contributed by atoms with Gasteiger partial charge in [-0.1, -0.05) is 59.1 Å². The number of nitrogens with zero attached hydrogens (tertiary/aromatic N) is 3. The van der Waals surface area contributed by atoms with Crippen LogP contribution in [0.1, 0.15) is 11.1 Å². The molecule has 0 amide bonds. The lowest BCUT2D eigenvalue weighted by atomic mass is 10.1. The Morgan fingerprint density at radius 3 is 2.50 bits per heavy atom. The molecule has 0 aliphatic rings. The van der Waals surface area contributed by atoms with Gasteiger partial charge in [0.25, 0.3) is 0 Å². The Morgan fingerprint density at radius 2 is 1.83 bits per heavy atom. The van der Waals surface area contributed by atoms with Crippen LogP contribution in [0.25, 0.3) is 11.3 Å². The molecule has 0 unspecified atom stereocenters. The second kappa shape index (κ2) is 7.34. The molecule has 1 heterocycles. The van der Waals surface area contributed by atoms with Gasteiger partial charge in [-0.2, -0.15) is 5.10 Å². The summed E-state index contributed by atoms with van der Waals surface area (Å²) in [6.07, 6.45) is 1.72. The quantitative estimate of drug-likeness (QED) is 0.560. The van der Waals surface area contributed by atoms with Crippen LogP contribution in [0.15, 0.2) is 57.9 Å². The summed E-state index contributed by atoms with van der Waals surface area (Å²) < 4.78 is 1.82. The van der Waals surface area contributed by atoms with Crippen LogP contribution < -0.4 is 4.80 Å². The van der Waals surface area contributed by atoms with Gasteiger partial charge >= 0.3 is 0 Å². The van der Waals surface area contributed by atoms with Crippen molar-refractivity contribution in [1.29, 1.82) is 0 Å². The predicted octanol–water partition coefficient (Wildman–Crippen LogP) is 5.24. The maximum absolute atomic E-state index is 6.21. The van der Waals surface area contributed by atoms with Gasteiger partial charge in [-0.3, -0.25) is 4.99 Å². The topological polar surface area (TPSA) is 29.6 Å². The minimum atomic E-state index is 0.564. The van der Waals surface area contributed by atoms with Crippen molar-refractivity contribution < 1.29 is 0 Å². The van der Waals surface area contributed by atoms with E-state index in [0.717, 1.165) is 21.6 Å². The van der Waals surface area contributed by atoms with Gasteiger partial charge in [0.2, 0.25) is 4.80 Å². The van der Waals surface area contributed by atoms with Crippen LogP contribution in [0.2, 0.25) is 10.0 Å². The summed E-state index contributed by atoms with van der Waals surface area (Å²) in [5.41, 5.74) is 4.10. The molecule has 0 saturated heterocycles. The first-order valence-electron chi connectivity index (χ1n) is 7.28. The van der Waals surface area contributed by atoms with Crippen LogP contribution in [-0.2, 0) is 0 Å². The molecule has 0 aliphatic carbocycles. The molecule has 1 aromatic heterocycles. The van der Waals surface area contributed by atoms with Crippen LogP contribution in [0.3, 0.4) is 0 Å². The normalized spacial score (nSPS) is 12.2. The molecule has 3 nitrogen and oxygen atoms in total. The molecule has 6 heteroatoms. The Morgan fingerprint density at radius 1 is 1.08 bits per heavy atom. The second-order valence-corrected chi connectivity index (χ2v) is 6.90. The number of aryl methyl sites for hydroxylation is 1. The summed E-state index contributed by atoms with van der Waals surface area (Å²) in [6, 6.07) is 13.7. The van der Waals surface area contributed by atoms with E-state index in [1.165, 1.54) is 5.56 Å². The number of hydrogen-bond acceptors (Lipinski definition) is 3. The van der Waals surface area contributed by atoms with E-state index in [9.17, 15) is 0 Å². The van der Waals surface area contributed by atoms with Gasteiger partial charge in [-0.15, -0.1) is 11.3 Å². The van der Waals surface area contributed by atoms with Gasteiger partial charge in [-0.05, 0) is 19.1 Å². The molecular weight excluding hydrogens is 361 g/mol. The Kier molecular flexibility index (Phi) is 5.19. The van der Waals surface area contributed by atoms with Crippen LogP contribution in [-0.4, -0.2) is 17.9 Å². The zero-order valence-electron chi connectivity index (χ0n) is 13.2. The number of aromatic nitrogens is 1. The highest BCUT2D eigenvalue weighted by molar-refractivity contribution is 7.07. The van der Waals surface area contributed by atoms with E-state index in [2.05, 4.69) is 41.3 Å². The first-order valence-corrected chi connectivity index (χ1v) is 8.92. The van der Waals surface area contributed by atoms with Crippen LogP contribution >= 0.6 is 34.5 Å². The smallest absolute Gasteiger partial charge is 0.205 e. The van der Waals surface area contributed by atoms with Crippen molar-refractivity contribution in [2.45, 2.75) is 6.92 Å². The lowest BCUT2D eigenvalue weighted by molar-refractivity contribution is 0.848. The Hall–Kier alpha value is -1.88. The Bertz CT molecular complexity index is 953. The molecule has 0 radical (unpaired) electrons. The van der Waals surface area contributed by atoms with Crippen LogP contribution in [0, 0.1) is 6.92 Å². The molecule has 0 spiro atoms. The number of rotatable bonds is 3. The fourth-order valence-electron chi connectivity index (χ4n) is 2.21. The van der Waals surface area contributed by atoms with Crippen molar-refractivity contribution in [3.8, 4) is 11.3 Å². The molecule has 2 aromatic carbocycles. The van der Waals surface area contributed by atoms with E-state index in [-0.39, 0.29) is 0 Å². The van der Waals surface area contributed by atoms with E-state index < -0.39 is 0 Å². The van der Waals surface area contributed by atoms with E-state index in [1.54, 1.807) is 36.7 Å². The van der Waals surface area contributed by atoms with Gasteiger partial charge in [0.05, 0.1) is 16.9 Å². The van der Waals surface area contributed by atoms with Crippen molar-refractivity contribution in [2.24, 2.45) is 10.1 Å². The maximum Gasteiger partial charge on any atom is 0.205 e. The van der Waals surface area contributed by atoms with E-state index in [1.807, 2.05) is 16.1 Å². The number of benzene rings is 2. The van der Waals surface area contributed by atoms with Crippen molar-refractivity contribution in [3.05, 3.63) is 73.8 Å². The average Bonchev–Trinajstić information content (AvgIpc) is 2.97. The maximum atomic E-state index is 6.21. The summed E-state index contributed by atoms with van der Waals surface area (Å²) in [5.74, 6) is 0. The van der Waals surface area contributed by atoms with Gasteiger partial charge in [-0.25, -0.2) is 4.68 Å². The minimum absolute atomic E-state index is 0.564. The Balaban J connectivity index is 2.05. The highest BCUT2D eigenvalue weighted by atomic mass is 35.5. The highest BCUT2D eigenvalue weighted by Crippen LogP contribution is 2.22. The zero-order valence-corrected chi connectivity index (χ0v) is 15.5. The van der Waals surface area contributed by atoms with Gasteiger partial charge < -0.3 is 0 Å². The lowest BCUT2D eigenvalue weighted by Crippen LogP contribution is -2.11. The fourth-order valence-corrected chi connectivity index (χ4v) is 3.47. The van der Waals surface area contributed by atoms with Crippen molar-refractivity contribution >= 4 is 40.8 Å². The van der Waals surface area contributed by atoms with Crippen LogP contribution in [0.5, 0.6) is 0 Å². The molecule has 3 rings (SSSR count). The third-order valence-electron chi connectivity index (χ3n) is 3.50. The summed E-state index contributed by atoms with van der Waals surface area (Å²) in [5, 5.41) is 7.79. The zero-order chi connectivity index (χ0) is 17.1. The van der Waals surface area contributed by atoms with Crippen molar-refractivity contribution in [3.63, 3.8) is 0 Å². The van der Waals surface area contributed by atoms with E-state index in [0.29, 0.717) is 10.0 Å². The third kappa shape index (κ3) is 3.61. The van der Waals surface area contributed by atoms with Gasteiger partial charge in [0, 0.05) is 28.6 Å². The SMILES string of the molecule is CN=c1scc(-c2ccc(C)cc2)n1N=Cc1ccc(Cl)cc1Cl. The first-order chi connectivity index (χ1) is 11.6. The highest BCUT2D eigenvalue weighted by Gasteiger charge is 2.07. The van der Waals surface area contributed by atoms with Crippen molar-refractivity contribution in [1.82, 2.24) is 4.68 Å². The number of halogens is 2. The molecule has 0 atom stereocenters. The standard InChI is InChI=1S/C18H15Cl2N3S/c1-12-3-5-13(6-4-12)17-11-24-18(21-2)23(17)22-10-14-7-8-15(19)9-16(14)20/h3-11H,1-2H3. The molecule has 0 aliphatic heterocycles. The molecular formula is C18H15Cl2N3S. The number of hydrogen-bond donors (Lipinski definition) is 0. The molecule has 0 fully saturated rings. The van der Waals surface area contributed by atoms with Crippen molar-refractivity contribution in [2.75, 3.05) is 7.05 Å². The van der Waals surface area contributed by atoms with E-state index >= 15 is 0 Å². The monoisotopic (exact) mass is 375 g/mol. The summed E-state index contributed by atoms with van der Waals surface area (Å²) in [7, 11) is 1.76. The summed E-state index contributed by atoms with van der Waals surface area (Å²) in [4.78, 5) is 5.11. The lowest BCUT2D eigenvalue weighted by Gasteiger charge is -2.04. The largest absolute Gasteiger partial charge is 0.261 e. The molecule has 122 valence electrons. The van der Waals surface area contributed by atoms with Gasteiger partial charge in [0.15, 0.2) is 0 Å². The third-order valence-corrected chi connectivity index (χ3v) is 4.97. The minimum Gasteiger partial charge on any atom is -0.261 e. The fraction of sp³-hybridized carbons (Fsp3) is 0.111. The molecule has 0 bridgehead atoms. The van der Waals surface area contributed by atoms with Gasteiger partial charge in [0.1, 0.15) is 0 Å². The summed E-state index contributed by atoms with van der Waals surface area (Å²) in [6.45, 7) is 2.07. The molecule has 0 saturated carbocycles. The number of thiazole rings is 1. The first kappa shape index (κ1) is 17.0. The molecule has 3 aromatic rings. The van der Waals surface area contributed by atoms with E-state index in [4.69, 9.17) is 23.2 Å².